The number of nitrogens with one attached hydrogen (secondary N) is 1. The first-order chi connectivity index (χ1) is 11.6. The van der Waals surface area contributed by atoms with Crippen molar-refractivity contribution in [1.29, 1.82) is 0 Å². The predicted molar refractivity (Wildman–Crippen MR) is 103 cm³/mol. The van der Waals surface area contributed by atoms with E-state index in [2.05, 4.69) is 40.4 Å². The normalized spacial score (nSPS) is 24.4. The van der Waals surface area contributed by atoms with Crippen LogP contribution in [0.25, 0.3) is 16.9 Å². The summed E-state index contributed by atoms with van der Waals surface area (Å²) in [7, 11) is 0. The molecule has 3 nitrogen and oxygen atoms in total. The highest BCUT2D eigenvalue weighted by Crippen LogP contribution is 2.36. The Balaban J connectivity index is 1.80. The van der Waals surface area contributed by atoms with Crippen LogP contribution in [0, 0.1) is 11.8 Å². The summed E-state index contributed by atoms with van der Waals surface area (Å²) in [6, 6.07) is 6.49. The van der Waals surface area contributed by atoms with Gasteiger partial charge in [-0.25, -0.2) is 4.98 Å². The van der Waals surface area contributed by atoms with Crippen molar-refractivity contribution in [2.45, 2.75) is 39.2 Å². The number of aromatic nitrogens is 2. The van der Waals surface area contributed by atoms with Crippen molar-refractivity contribution in [3.05, 3.63) is 40.2 Å². The van der Waals surface area contributed by atoms with E-state index in [0.29, 0.717) is 12.0 Å². The number of thiophene rings is 1. The van der Waals surface area contributed by atoms with Crippen LogP contribution in [-0.4, -0.2) is 15.4 Å². The number of pyridine rings is 1. The molecule has 3 atom stereocenters. The maximum atomic E-state index is 6.25. The average molecular weight is 360 g/mol. The second kappa shape index (κ2) is 6.41. The lowest BCUT2D eigenvalue weighted by atomic mass is 9.78. The van der Waals surface area contributed by atoms with Gasteiger partial charge in [-0.2, -0.15) is 11.3 Å². The standard InChI is InChI=1S/C19H22ClN3S/c1-12-4-3-5-16(13(12)2)21-19-18(14-8-9-24-11-14)22-17-7-6-15(20)10-23(17)19/h6-13,16,21H,3-5H2,1-2H3/t12-,13+,16+/m1/s1. The summed E-state index contributed by atoms with van der Waals surface area (Å²) in [5.41, 5.74) is 3.11. The van der Waals surface area contributed by atoms with Gasteiger partial charge in [0.1, 0.15) is 17.2 Å². The zero-order valence-corrected chi connectivity index (χ0v) is 15.6. The monoisotopic (exact) mass is 359 g/mol. The highest BCUT2D eigenvalue weighted by Gasteiger charge is 2.28. The highest BCUT2D eigenvalue weighted by atomic mass is 35.5. The van der Waals surface area contributed by atoms with E-state index in [1.54, 1.807) is 11.3 Å². The molecule has 1 aliphatic carbocycles. The Morgan fingerprint density at radius 2 is 2.12 bits per heavy atom. The zero-order valence-electron chi connectivity index (χ0n) is 14.0. The van der Waals surface area contributed by atoms with Gasteiger partial charge >= 0.3 is 0 Å². The van der Waals surface area contributed by atoms with Crippen molar-refractivity contribution < 1.29 is 0 Å². The van der Waals surface area contributed by atoms with Crippen molar-refractivity contribution in [1.82, 2.24) is 9.38 Å². The van der Waals surface area contributed by atoms with Gasteiger partial charge in [0.15, 0.2) is 0 Å². The summed E-state index contributed by atoms with van der Waals surface area (Å²) in [5.74, 6) is 2.47. The Labute approximate surface area is 151 Å². The van der Waals surface area contributed by atoms with E-state index < -0.39 is 0 Å². The van der Waals surface area contributed by atoms with Crippen molar-refractivity contribution in [2.75, 3.05) is 5.32 Å². The first-order valence-electron chi connectivity index (χ1n) is 8.60. The summed E-state index contributed by atoms with van der Waals surface area (Å²) in [6.45, 7) is 4.73. The van der Waals surface area contributed by atoms with Crippen LogP contribution in [0.4, 0.5) is 5.82 Å². The molecule has 0 bridgehead atoms. The van der Waals surface area contributed by atoms with E-state index in [0.717, 1.165) is 28.1 Å². The van der Waals surface area contributed by atoms with Gasteiger partial charge in [0.2, 0.25) is 0 Å². The minimum Gasteiger partial charge on any atom is -0.366 e. The van der Waals surface area contributed by atoms with Crippen LogP contribution in [0.1, 0.15) is 33.1 Å². The predicted octanol–water partition coefficient (Wildman–Crippen LogP) is 5.95. The SMILES string of the molecule is C[C@H]1[C@H](C)CCC[C@@H]1Nc1c(-c2ccsc2)nc2ccc(Cl)cn12. The second-order valence-corrected chi connectivity index (χ2v) is 8.13. The molecule has 3 heterocycles. The van der Waals surface area contributed by atoms with Crippen LogP contribution in [0.3, 0.4) is 0 Å². The van der Waals surface area contributed by atoms with E-state index >= 15 is 0 Å². The Morgan fingerprint density at radius 3 is 2.92 bits per heavy atom. The summed E-state index contributed by atoms with van der Waals surface area (Å²) >= 11 is 7.95. The average Bonchev–Trinajstić information content (AvgIpc) is 3.20. The molecule has 3 aromatic heterocycles. The van der Waals surface area contributed by atoms with Crippen molar-refractivity contribution in [2.24, 2.45) is 11.8 Å². The molecule has 0 saturated heterocycles. The van der Waals surface area contributed by atoms with Gasteiger partial charge in [-0.1, -0.05) is 38.3 Å². The molecule has 1 N–H and O–H groups in total. The van der Waals surface area contributed by atoms with Gasteiger partial charge < -0.3 is 5.32 Å². The third kappa shape index (κ3) is 2.82. The molecule has 0 radical (unpaired) electrons. The highest BCUT2D eigenvalue weighted by molar-refractivity contribution is 7.08. The Morgan fingerprint density at radius 1 is 1.25 bits per heavy atom. The summed E-state index contributed by atoms with van der Waals surface area (Å²) in [6.07, 6.45) is 5.78. The van der Waals surface area contributed by atoms with E-state index in [9.17, 15) is 0 Å². The molecule has 4 rings (SSSR count). The van der Waals surface area contributed by atoms with Crippen LogP contribution in [-0.2, 0) is 0 Å². The summed E-state index contributed by atoms with van der Waals surface area (Å²) in [5, 5.41) is 8.79. The number of fused-ring (bicyclic) bond motifs is 1. The molecule has 1 saturated carbocycles. The molecule has 1 aliphatic rings. The third-order valence-electron chi connectivity index (χ3n) is 5.41. The maximum absolute atomic E-state index is 6.25. The van der Waals surface area contributed by atoms with Crippen LogP contribution in [0.2, 0.25) is 5.02 Å². The molecule has 126 valence electrons. The fraction of sp³-hybridized carbons (Fsp3) is 0.421. The van der Waals surface area contributed by atoms with Gasteiger partial charge in [0, 0.05) is 23.2 Å². The Hall–Kier alpha value is -1.52. The molecule has 0 spiro atoms. The first kappa shape index (κ1) is 16.0. The van der Waals surface area contributed by atoms with Crippen molar-refractivity contribution >= 4 is 34.4 Å². The maximum Gasteiger partial charge on any atom is 0.139 e. The number of imidazole rings is 1. The van der Waals surface area contributed by atoms with E-state index in [1.807, 2.05) is 18.3 Å². The molecule has 3 aromatic rings. The third-order valence-corrected chi connectivity index (χ3v) is 6.31. The number of hydrogen-bond donors (Lipinski definition) is 1. The Kier molecular flexibility index (Phi) is 4.27. The molecule has 0 amide bonds. The molecular formula is C19H22ClN3S. The second-order valence-electron chi connectivity index (χ2n) is 6.91. The number of rotatable bonds is 3. The van der Waals surface area contributed by atoms with Crippen LogP contribution >= 0.6 is 22.9 Å². The number of nitrogens with zero attached hydrogens (tertiary/aromatic N) is 2. The number of hydrogen-bond acceptors (Lipinski definition) is 3. The summed E-state index contributed by atoms with van der Waals surface area (Å²) < 4.78 is 2.10. The molecule has 0 aromatic carbocycles. The van der Waals surface area contributed by atoms with Gasteiger partial charge in [-0.3, -0.25) is 4.40 Å². The van der Waals surface area contributed by atoms with Crippen molar-refractivity contribution in [3.8, 4) is 11.3 Å². The molecule has 0 aliphatic heterocycles. The fourth-order valence-electron chi connectivity index (χ4n) is 3.72. The van der Waals surface area contributed by atoms with Gasteiger partial charge in [0.25, 0.3) is 0 Å². The van der Waals surface area contributed by atoms with Gasteiger partial charge in [-0.15, -0.1) is 0 Å². The Bertz CT molecular complexity index is 840. The van der Waals surface area contributed by atoms with Gasteiger partial charge in [-0.05, 0) is 41.8 Å². The zero-order chi connectivity index (χ0) is 16.7. The van der Waals surface area contributed by atoms with Gasteiger partial charge in [0.05, 0.1) is 5.02 Å². The van der Waals surface area contributed by atoms with E-state index in [1.165, 1.54) is 24.8 Å². The van der Waals surface area contributed by atoms with E-state index in [-0.39, 0.29) is 0 Å². The fourth-order valence-corrected chi connectivity index (χ4v) is 4.52. The first-order valence-corrected chi connectivity index (χ1v) is 9.92. The van der Waals surface area contributed by atoms with Crippen LogP contribution in [0.5, 0.6) is 0 Å². The number of halogens is 1. The van der Waals surface area contributed by atoms with Crippen LogP contribution < -0.4 is 5.32 Å². The van der Waals surface area contributed by atoms with Crippen LogP contribution in [0.15, 0.2) is 35.2 Å². The quantitative estimate of drug-likeness (QED) is 0.625. The minimum absolute atomic E-state index is 0.477. The van der Waals surface area contributed by atoms with Crippen molar-refractivity contribution in [3.63, 3.8) is 0 Å². The largest absolute Gasteiger partial charge is 0.366 e. The number of anilines is 1. The topological polar surface area (TPSA) is 29.3 Å². The molecule has 0 unspecified atom stereocenters. The molecule has 24 heavy (non-hydrogen) atoms. The molecular weight excluding hydrogens is 338 g/mol. The molecule has 1 fully saturated rings. The lowest BCUT2D eigenvalue weighted by molar-refractivity contribution is 0.253. The lowest BCUT2D eigenvalue weighted by Gasteiger charge is -2.35. The summed E-state index contributed by atoms with van der Waals surface area (Å²) in [4.78, 5) is 4.85. The smallest absolute Gasteiger partial charge is 0.139 e. The minimum atomic E-state index is 0.477. The lowest BCUT2D eigenvalue weighted by Crippen LogP contribution is -2.35. The molecule has 5 heteroatoms. The van der Waals surface area contributed by atoms with E-state index in [4.69, 9.17) is 16.6 Å².